The maximum absolute atomic E-state index is 4.83. The van der Waals surface area contributed by atoms with Gasteiger partial charge in [0.25, 0.3) is 0 Å². The van der Waals surface area contributed by atoms with Gasteiger partial charge in [0.05, 0.1) is 11.7 Å². The summed E-state index contributed by atoms with van der Waals surface area (Å²) in [7, 11) is 0. The zero-order valence-corrected chi connectivity index (χ0v) is 16.9. The van der Waals surface area contributed by atoms with Gasteiger partial charge in [-0.2, -0.15) is 0 Å². The highest BCUT2D eigenvalue weighted by molar-refractivity contribution is 5.30. The molecule has 148 valence electrons. The summed E-state index contributed by atoms with van der Waals surface area (Å²) < 4.78 is 0. The van der Waals surface area contributed by atoms with Crippen LogP contribution >= 0.6 is 0 Å². The smallest absolute Gasteiger partial charge is 0.0607 e. The number of hydrogen-bond acceptors (Lipinski definition) is 3. The molecule has 0 radical (unpaired) electrons. The molecule has 2 aromatic carbocycles. The first-order valence-corrected chi connectivity index (χ1v) is 10.9. The quantitative estimate of drug-likeness (QED) is 0.694. The van der Waals surface area contributed by atoms with Crippen molar-refractivity contribution in [2.45, 2.75) is 50.9 Å². The lowest BCUT2D eigenvalue weighted by Crippen LogP contribution is -2.46. The van der Waals surface area contributed by atoms with Crippen LogP contribution in [0.2, 0.25) is 0 Å². The Morgan fingerprint density at radius 3 is 2.59 bits per heavy atom. The van der Waals surface area contributed by atoms with Gasteiger partial charge in [0.2, 0.25) is 0 Å². The first-order chi connectivity index (χ1) is 14.4. The highest BCUT2D eigenvalue weighted by Gasteiger charge is 2.30. The summed E-state index contributed by atoms with van der Waals surface area (Å²) in [6, 6.07) is 25.0. The molecule has 1 aromatic heterocycles. The average Bonchev–Trinajstić information content (AvgIpc) is 2.79. The molecule has 3 nitrogen and oxygen atoms in total. The minimum atomic E-state index is 0.402. The van der Waals surface area contributed by atoms with E-state index in [-0.39, 0.29) is 0 Å². The number of aryl methyl sites for hydroxylation is 1. The van der Waals surface area contributed by atoms with E-state index < -0.39 is 0 Å². The lowest BCUT2D eigenvalue weighted by Gasteiger charge is -2.38. The van der Waals surface area contributed by atoms with E-state index in [9.17, 15) is 0 Å². The van der Waals surface area contributed by atoms with Crippen LogP contribution in [0.15, 0.2) is 72.9 Å². The standard InChI is InChI=1S/C26H29N3/c1-2-8-20(9-3-1)18-29(25-14-6-12-21-13-7-15-27-26(21)25)19-24-16-22-10-4-5-11-23(22)17-28-24/h1-5,7-11,13,15,24-25,28H,6,12,14,16-19H2/t24-,25+/m1/s1. The van der Waals surface area contributed by atoms with Gasteiger partial charge in [-0.3, -0.25) is 9.88 Å². The Balaban J connectivity index is 1.41. The zero-order valence-electron chi connectivity index (χ0n) is 16.9. The van der Waals surface area contributed by atoms with Gasteiger partial charge in [-0.15, -0.1) is 0 Å². The van der Waals surface area contributed by atoms with Crippen molar-refractivity contribution in [3.8, 4) is 0 Å². The van der Waals surface area contributed by atoms with Gasteiger partial charge in [0.15, 0.2) is 0 Å². The second-order valence-corrected chi connectivity index (χ2v) is 8.42. The summed E-state index contributed by atoms with van der Waals surface area (Å²) in [6.07, 6.45) is 6.67. The van der Waals surface area contributed by atoms with Crippen LogP contribution in [-0.4, -0.2) is 22.5 Å². The van der Waals surface area contributed by atoms with Gasteiger partial charge >= 0.3 is 0 Å². The summed E-state index contributed by atoms with van der Waals surface area (Å²) >= 11 is 0. The molecule has 29 heavy (non-hydrogen) atoms. The van der Waals surface area contributed by atoms with Gasteiger partial charge in [-0.25, -0.2) is 0 Å². The third-order valence-electron chi connectivity index (χ3n) is 6.46. The Morgan fingerprint density at radius 1 is 0.897 bits per heavy atom. The number of rotatable bonds is 5. The van der Waals surface area contributed by atoms with Crippen LogP contribution in [-0.2, 0) is 25.9 Å². The van der Waals surface area contributed by atoms with Gasteiger partial charge in [-0.05, 0) is 54.0 Å². The number of nitrogens with one attached hydrogen (secondary N) is 1. The van der Waals surface area contributed by atoms with E-state index in [0.717, 1.165) is 32.5 Å². The lowest BCUT2D eigenvalue weighted by atomic mass is 9.89. The third kappa shape index (κ3) is 4.12. The Kier molecular flexibility index (Phi) is 5.42. The number of pyridine rings is 1. The van der Waals surface area contributed by atoms with Crippen molar-refractivity contribution >= 4 is 0 Å². The summed E-state index contributed by atoms with van der Waals surface area (Å²) in [5.41, 5.74) is 7.06. The van der Waals surface area contributed by atoms with Crippen molar-refractivity contribution in [2.75, 3.05) is 6.54 Å². The van der Waals surface area contributed by atoms with Crippen LogP contribution in [0.5, 0.6) is 0 Å². The highest BCUT2D eigenvalue weighted by Crippen LogP contribution is 2.34. The molecule has 2 atom stereocenters. The first kappa shape index (κ1) is 18.5. The number of aromatic nitrogens is 1. The molecule has 1 N–H and O–H groups in total. The molecule has 0 fully saturated rings. The van der Waals surface area contributed by atoms with Crippen LogP contribution in [0.4, 0.5) is 0 Å². The molecule has 0 bridgehead atoms. The number of nitrogens with zero attached hydrogens (tertiary/aromatic N) is 2. The average molecular weight is 384 g/mol. The fourth-order valence-electron chi connectivity index (χ4n) is 4.99. The molecule has 1 aliphatic heterocycles. The van der Waals surface area contributed by atoms with Gasteiger partial charge < -0.3 is 5.32 Å². The summed E-state index contributed by atoms with van der Waals surface area (Å²) in [6.45, 7) is 2.99. The Bertz CT molecular complexity index is 953. The second kappa shape index (κ2) is 8.48. The van der Waals surface area contributed by atoms with E-state index in [2.05, 4.69) is 76.9 Å². The van der Waals surface area contributed by atoms with Crippen molar-refractivity contribution in [3.63, 3.8) is 0 Å². The fourth-order valence-corrected chi connectivity index (χ4v) is 4.99. The molecule has 1 aliphatic carbocycles. The van der Waals surface area contributed by atoms with Crippen molar-refractivity contribution in [2.24, 2.45) is 0 Å². The van der Waals surface area contributed by atoms with Crippen LogP contribution in [0.3, 0.4) is 0 Å². The third-order valence-corrected chi connectivity index (χ3v) is 6.46. The predicted molar refractivity (Wildman–Crippen MR) is 118 cm³/mol. The van der Waals surface area contributed by atoms with Crippen molar-refractivity contribution in [1.82, 2.24) is 15.2 Å². The summed E-state index contributed by atoms with van der Waals surface area (Å²) in [4.78, 5) is 7.50. The predicted octanol–water partition coefficient (Wildman–Crippen LogP) is 4.68. The Hall–Kier alpha value is -2.49. The van der Waals surface area contributed by atoms with E-state index in [1.165, 1.54) is 40.8 Å². The molecule has 2 aliphatic rings. The molecule has 3 aromatic rings. The molecule has 0 amide bonds. The fraction of sp³-hybridized carbons (Fsp3) is 0.346. The first-order valence-electron chi connectivity index (χ1n) is 10.9. The lowest BCUT2D eigenvalue weighted by molar-refractivity contribution is 0.145. The second-order valence-electron chi connectivity index (χ2n) is 8.42. The SMILES string of the molecule is c1ccc(CN(C[C@H]2Cc3ccccc3CN2)[C@H]2CCCc3cccnc32)cc1. The van der Waals surface area contributed by atoms with Crippen molar-refractivity contribution in [1.29, 1.82) is 0 Å². The molecule has 0 unspecified atom stereocenters. The summed E-state index contributed by atoms with van der Waals surface area (Å²) in [5, 5.41) is 3.79. The Labute approximate surface area is 173 Å². The molecule has 5 rings (SSSR count). The van der Waals surface area contributed by atoms with Crippen molar-refractivity contribution in [3.05, 3.63) is 101 Å². The largest absolute Gasteiger partial charge is 0.308 e. The molecule has 0 saturated heterocycles. The van der Waals surface area contributed by atoms with Gasteiger partial charge in [0, 0.05) is 31.9 Å². The number of fused-ring (bicyclic) bond motifs is 2. The normalized spacial score (nSPS) is 20.9. The molecule has 0 saturated carbocycles. The van der Waals surface area contributed by atoms with Crippen LogP contribution in [0.1, 0.15) is 46.8 Å². The van der Waals surface area contributed by atoms with E-state index in [4.69, 9.17) is 4.98 Å². The minimum absolute atomic E-state index is 0.402. The molecule has 3 heteroatoms. The van der Waals surface area contributed by atoms with Crippen molar-refractivity contribution < 1.29 is 0 Å². The molecule has 2 heterocycles. The Morgan fingerprint density at radius 2 is 1.69 bits per heavy atom. The zero-order chi connectivity index (χ0) is 19.5. The maximum atomic E-state index is 4.83. The number of benzene rings is 2. The monoisotopic (exact) mass is 383 g/mol. The maximum Gasteiger partial charge on any atom is 0.0607 e. The van der Waals surface area contributed by atoms with E-state index in [0.29, 0.717) is 12.1 Å². The van der Waals surface area contributed by atoms with Gasteiger partial charge in [0.1, 0.15) is 0 Å². The van der Waals surface area contributed by atoms with E-state index in [1.54, 1.807) is 0 Å². The van der Waals surface area contributed by atoms with Gasteiger partial charge in [-0.1, -0.05) is 60.7 Å². The highest BCUT2D eigenvalue weighted by atomic mass is 15.2. The minimum Gasteiger partial charge on any atom is -0.308 e. The van der Waals surface area contributed by atoms with Crippen LogP contribution in [0.25, 0.3) is 0 Å². The summed E-state index contributed by atoms with van der Waals surface area (Å²) in [5.74, 6) is 0. The number of hydrogen-bond donors (Lipinski definition) is 1. The molecular weight excluding hydrogens is 354 g/mol. The van der Waals surface area contributed by atoms with Crippen LogP contribution in [0, 0.1) is 0 Å². The van der Waals surface area contributed by atoms with E-state index >= 15 is 0 Å². The molecule has 0 spiro atoms. The van der Waals surface area contributed by atoms with E-state index in [1.807, 2.05) is 6.20 Å². The molecular formula is C26H29N3. The van der Waals surface area contributed by atoms with Crippen LogP contribution < -0.4 is 5.32 Å². The topological polar surface area (TPSA) is 28.2 Å².